The normalized spacial score (nSPS) is 17.6. The van der Waals surface area contributed by atoms with E-state index in [0.717, 1.165) is 17.8 Å². The van der Waals surface area contributed by atoms with Crippen LogP contribution in [0, 0.1) is 5.92 Å². The van der Waals surface area contributed by atoms with Crippen LogP contribution in [0.3, 0.4) is 0 Å². The van der Waals surface area contributed by atoms with Gasteiger partial charge in [-0.1, -0.05) is 13.8 Å². The average Bonchev–Trinajstić information content (AvgIpc) is 3.08. The second-order valence-electron chi connectivity index (χ2n) is 5.67. The Morgan fingerprint density at radius 2 is 2.22 bits per heavy atom. The summed E-state index contributed by atoms with van der Waals surface area (Å²) in [7, 11) is 0. The minimum absolute atomic E-state index is 0.0259. The molecule has 0 aliphatic heterocycles. The third-order valence-corrected chi connectivity index (χ3v) is 3.49. The standard InChI is InChI=1S/C14H20N4/c1-9(2)7-11(15)14-17-12-8-16-6-5-13(12)18(14)10-3-4-10/h5-6,8-11H,3-4,7,15H2,1-2H3. The van der Waals surface area contributed by atoms with E-state index in [1.807, 2.05) is 18.5 Å². The van der Waals surface area contributed by atoms with Crippen molar-refractivity contribution in [2.75, 3.05) is 0 Å². The van der Waals surface area contributed by atoms with Crippen LogP contribution < -0.4 is 5.73 Å². The van der Waals surface area contributed by atoms with Crippen LogP contribution in [-0.2, 0) is 0 Å². The van der Waals surface area contributed by atoms with E-state index in [4.69, 9.17) is 10.7 Å². The molecule has 4 nitrogen and oxygen atoms in total. The fraction of sp³-hybridized carbons (Fsp3) is 0.571. The predicted octanol–water partition coefficient (Wildman–Crippen LogP) is 2.81. The number of fused-ring (bicyclic) bond motifs is 1. The van der Waals surface area contributed by atoms with Crippen LogP contribution >= 0.6 is 0 Å². The molecule has 1 aliphatic rings. The van der Waals surface area contributed by atoms with Gasteiger partial charge in [-0.2, -0.15) is 0 Å². The van der Waals surface area contributed by atoms with Gasteiger partial charge in [-0.3, -0.25) is 4.98 Å². The van der Waals surface area contributed by atoms with Gasteiger partial charge in [0.2, 0.25) is 0 Å². The highest BCUT2D eigenvalue weighted by molar-refractivity contribution is 5.75. The molecule has 0 amide bonds. The molecule has 4 heteroatoms. The summed E-state index contributed by atoms with van der Waals surface area (Å²) < 4.78 is 2.34. The van der Waals surface area contributed by atoms with E-state index in [2.05, 4.69) is 23.4 Å². The van der Waals surface area contributed by atoms with Gasteiger partial charge in [-0.15, -0.1) is 0 Å². The Hall–Kier alpha value is -1.42. The Bertz CT molecular complexity index is 554. The summed E-state index contributed by atoms with van der Waals surface area (Å²) in [5.41, 5.74) is 8.48. The number of rotatable bonds is 4. The van der Waals surface area contributed by atoms with E-state index in [9.17, 15) is 0 Å². The van der Waals surface area contributed by atoms with E-state index in [1.54, 1.807) is 0 Å². The number of imidazole rings is 1. The van der Waals surface area contributed by atoms with Gasteiger partial charge in [0.05, 0.1) is 17.8 Å². The third kappa shape index (κ3) is 2.01. The highest BCUT2D eigenvalue weighted by Gasteiger charge is 2.30. The Labute approximate surface area is 107 Å². The summed E-state index contributed by atoms with van der Waals surface area (Å²) in [6.45, 7) is 4.40. The van der Waals surface area contributed by atoms with Crippen molar-refractivity contribution in [2.24, 2.45) is 11.7 Å². The summed E-state index contributed by atoms with van der Waals surface area (Å²) in [6.07, 6.45) is 7.13. The highest BCUT2D eigenvalue weighted by Crippen LogP contribution is 2.40. The summed E-state index contributed by atoms with van der Waals surface area (Å²) in [4.78, 5) is 8.85. The zero-order valence-electron chi connectivity index (χ0n) is 11.0. The summed E-state index contributed by atoms with van der Waals surface area (Å²) >= 11 is 0. The molecule has 0 bridgehead atoms. The van der Waals surface area contributed by atoms with Crippen molar-refractivity contribution in [1.29, 1.82) is 0 Å². The zero-order valence-corrected chi connectivity index (χ0v) is 11.0. The smallest absolute Gasteiger partial charge is 0.127 e. The number of hydrogen-bond acceptors (Lipinski definition) is 3. The van der Waals surface area contributed by atoms with Crippen LogP contribution in [0.2, 0.25) is 0 Å². The summed E-state index contributed by atoms with van der Waals surface area (Å²) in [5.74, 6) is 1.62. The van der Waals surface area contributed by atoms with Gasteiger partial charge in [-0.05, 0) is 31.2 Å². The van der Waals surface area contributed by atoms with Crippen molar-refractivity contribution < 1.29 is 0 Å². The van der Waals surface area contributed by atoms with Crippen molar-refractivity contribution in [3.05, 3.63) is 24.3 Å². The van der Waals surface area contributed by atoms with Crippen molar-refractivity contribution in [3.63, 3.8) is 0 Å². The molecule has 18 heavy (non-hydrogen) atoms. The Balaban J connectivity index is 2.07. The van der Waals surface area contributed by atoms with Crippen LogP contribution in [0.5, 0.6) is 0 Å². The molecule has 96 valence electrons. The van der Waals surface area contributed by atoms with Crippen molar-refractivity contribution in [2.45, 2.75) is 45.2 Å². The molecule has 0 spiro atoms. The maximum absolute atomic E-state index is 6.32. The van der Waals surface area contributed by atoms with Gasteiger partial charge in [0, 0.05) is 12.2 Å². The molecule has 2 heterocycles. The topological polar surface area (TPSA) is 56.7 Å². The molecule has 0 radical (unpaired) electrons. The van der Waals surface area contributed by atoms with Gasteiger partial charge in [0.1, 0.15) is 11.3 Å². The molecule has 2 N–H and O–H groups in total. The molecule has 0 aromatic carbocycles. The Morgan fingerprint density at radius 1 is 1.44 bits per heavy atom. The first-order valence-electron chi connectivity index (χ1n) is 6.74. The Kier molecular flexibility index (Phi) is 2.82. The second-order valence-corrected chi connectivity index (χ2v) is 5.67. The second kappa shape index (κ2) is 4.35. The van der Waals surface area contributed by atoms with Crippen LogP contribution in [0.15, 0.2) is 18.5 Å². The molecule has 3 rings (SSSR count). The molecule has 1 aliphatic carbocycles. The number of aromatic nitrogens is 3. The lowest BCUT2D eigenvalue weighted by atomic mass is 10.0. The maximum Gasteiger partial charge on any atom is 0.127 e. The van der Waals surface area contributed by atoms with Crippen LogP contribution in [0.1, 0.15) is 51.0 Å². The first-order valence-corrected chi connectivity index (χ1v) is 6.74. The van der Waals surface area contributed by atoms with E-state index in [1.165, 1.54) is 18.4 Å². The van der Waals surface area contributed by atoms with Gasteiger partial charge < -0.3 is 10.3 Å². The quantitative estimate of drug-likeness (QED) is 0.899. The molecule has 2 aromatic rings. The van der Waals surface area contributed by atoms with Crippen molar-refractivity contribution >= 4 is 11.0 Å². The lowest BCUT2D eigenvalue weighted by Crippen LogP contribution is -2.18. The third-order valence-electron chi connectivity index (χ3n) is 3.49. The van der Waals surface area contributed by atoms with Crippen LogP contribution in [-0.4, -0.2) is 14.5 Å². The largest absolute Gasteiger partial charge is 0.323 e. The van der Waals surface area contributed by atoms with Gasteiger partial charge >= 0.3 is 0 Å². The first-order chi connectivity index (χ1) is 8.66. The average molecular weight is 244 g/mol. The Morgan fingerprint density at radius 3 is 2.89 bits per heavy atom. The zero-order chi connectivity index (χ0) is 12.7. The monoisotopic (exact) mass is 244 g/mol. The molecule has 1 atom stereocenters. The number of nitrogens with zero attached hydrogens (tertiary/aromatic N) is 3. The number of pyridine rings is 1. The van der Waals surface area contributed by atoms with Gasteiger partial charge in [-0.25, -0.2) is 4.98 Å². The van der Waals surface area contributed by atoms with Gasteiger partial charge in [0.15, 0.2) is 0 Å². The minimum atomic E-state index is 0.0259. The van der Waals surface area contributed by atoms with Gasteiger partial charge in [0.25, 0.3) is 0 Å². The van der Waals surface area contributed by atoms with E-state index in [-0.39, 0.29) is 6.04 Å². The molecule has 0 saturated heterocycles. The predicted molar refractivity (Wildman–Crippen MR) is 72.2 cm³/mol. The van der Waals surface area contributed by atoms with E-state index >= 15 is 0 Å². The molecule has 2 aromatic heterocycles. The molecule has 1 fully saturated rings. The minimum Gasteiger partial charge on any atom is -0.323 e. The maximum atomic E-state index is 6.32. The van der Waals surface area contributed by atoms with E-state index in [0.29, 0.717) is 12.0 Å². The number of hydrogen-bond donors (Lipinski definition) is 1. The molecular weight excluding hydrogens is 224 g/mol. The number of nitrogens with two attached hydrogens (primary N) is 1. The van der Waals surface area contributed by atoms with Crippen LogP contribution in [0.25, 0.3) is 11.0 Å². The van der Waals surface area contributed by atoms with Crippen molar-refractivity contribution in [3.8, 4) is 0 Å². The van der Waals surface area contributed by atoms with Crippen molar-refractivity contribution in [1.82, 2.24) is 14.5 Å². The SMILES string of the molecule is CC(C)CC(N)c1nc2cnccc2n1C1CC1. The summed E-state index contributed by atoms with van der Waals surface area (Å²) in [6, 6.07) is 2.68. The lowest BCUT2D eigenvalue weighted by molar-refractivity contribution is 0.477. The molecular formula is C14H20N4. The lowest BCUT2D eigenvalue weighted by Gasteiger charge is -2.16. The molecule has 1 saturated carbocycles. The summed E-state index contributed by atoms with van der Waals surface area (Å²) in [5, 5.41) is 0. The van der Waals surface area contributed by atoms with Crippen LogP contribution in [0.4, 0.5) is 0 Å². The fourth-order valence-electron chi connectivity index (χ4n) is 2.56. The highest BCUT2D eigenvalue weighted by atomic mass is 15.1. The first kappa shape index (κ1) is 11.7. The fourth-order valence-corrected chi connectivity index (χ4v) is 2.56. The molecule has 1 unspecified atom stereocenters. The van der Waals surface area contributed by atoms with E-state index < -0.39 is 0 Å².